The topological polar surface area (TPSA) is 100 Å². The first-order valence-corrected chi connectivity index (χ1v) is 6.46. The van der Waals surface area contributed by atoms with Crippen LogP contribution in [0.15, 0.2) is 11.6 Å². The number of ether oxygens (including phenoxy) is 4. The van der Waals surface area contributed by atoms with Gasteiger partial charge >= 0.3 is 11.9 Å². The maximum absolute atomic E-state index is 12.5. The van der Waals surface area contributed by atoms with Gasteiger partial charge in [-0.05, 0) is 13.3 Å². The molecule has 1 fully saturated rings. The summed E-state index contributed by atoms with van der Waals surface area (Å²) >= 11 is 0. The molecule has 8 nitrogen and oxygen atoms in total. The molecule has 0 spiro atoms. The standard InChI is InChI=1S/C13H17NO7/c1-4-20-11(17)12-5-6-21-13(12,19-3)14-9(15)7-8(12)10(16)18-2/h7H,4-6H2,1-3H3,(H,14,15)/t12-,13-/m0/s1. The third-order valence-electron chi connectivity index (χ3n) is 3.68. The fourth-order valence-corrected chi connectivity index (χ4v) is 2.77. The van der Waals surface area contributed by atoms with E-state index in [1.54, 1.807) is 6.92 Å². The average Bonchev–Trinajstić information content (AvgIpc) is 2.86. The monoisotopic (exact) mass is 299 g/mol. The third-order valence-corrected chi connectivity index (χ3v) is 3.68. The Hall–Kier alpha value is -1.93. The smallest absolute Gasteiger partial charge is 0.335 e. The lowest BCUT2D eigenvalue weighted by atomic mass is 9.72. The fourth-order valence-electron chi connectivity index (χ4n) is 2.77. The van der Waals surface area contributed by atoms with Crippen LogP contribution < -0.4 is 5.32 Å². The minimum Gasteiger partial charge on any atom is -0.466 e. The van der Waals surface area contributed by atoms with E-state index in [1.807, 2.05) is 0 Å². The van der Waals surface area contributed by atoms with Gasteiger partial charge in [0.2, 0.25) is 5.91 Å². The summed E-state index contributed by atoms with van der Waals surface area (Å²) < 4.78 is 20.5. The zero-order chi connectivity index (χ0) is 15.7. The van der Waals surface area contributed by atoms with Gasteiger partial charge in [0, 0.05) is 13.2 Å². The van der Waals surface area contributed by atoms with E-state index in [0.29, 0.717) is 0 Å². The molecule has 0 aromatic carbocycles. The van der Waals surface area contributed by atoms with E-state index >= 15 is 0 Å². The Balaban J connectivity index is 2.64. The number of methoxy groups -OCH3 is 2. The molecule has 0 aromatic rings. The molecule has 0 radical (unpaired) electrons. The van der Waals surface area contributed by atoms with Crippen LogP contribution in [-0.2, 0) is 33.3 Å². The van der Waals surface area contributed by atoms with Gasteiger partial charge in [0.1, 0.15) is 0 Å². The normalized spacial score (nSPS) is 31.0. The number of esters is 2. The van der Waals surface area contributed by atoms with Crippen LogP contribution in [0, 0.1) is 5.41 Å². The number of carbonyl (C=O) groups is 3. The van der Waals surface area contributed by atoms with Crippen molar-refractivity contribution in [3.63, 3.8) is 0 Å². The Labute approximate surface area is 121 Å². The molecule has 21 heavy (non-hydrogen) atoms. The van der Waals surface area contributed by atoms with E-state index in [2.05, 4.69) is 10.1 Å². The van der Waals surface area contributed by atoms with Gasteiger partial charge in [-0.2, -0.15) is 0 Å². The second kappa shape index (κ2) is 5.45. The van der Waals surface area contributed by atoms with E-state index < -0.39 is 29.2 Å². The fraction of sp³-hybridized carbons (Fsp3) is 0.615. The van der Waals surface area contributed by atoms with E-state index in [1.165, 1.54) is 14.2 Å². The molecule has 2 heterocycles. The number of hydrogen-bond donors (Lipinski definition) is 1. The van der Waals surface area contributed by atoms with Crippen LogP contribution in [0.5, 0.6) is 0 Å². The predicted molar refractivity (Wildman–Crippen MR) is 67.6 cm³/mol. The molecule has 116 valence electrons. The SMILES string of the molecule is CCOC(=O)[C@@]12CCO[C@]1(OC)NC(=O)C=C2C(=O)OC. The summed E-state index contributed by atoms with van der Waals surface area (Å²) in [6.07, 6.45) is 1.15. The second-order valence-electron chi connectivity index (χ2n) is 4.58. The zero-order valence-electron chi connectivity index (χ0n) is 12.1. The highest BCUT2D eigenvalue weighted by molar-refractivity contribution is 6.07. The number of carbonyl (C=O) groups excluding carboxylic acids is 3. The highest BCUT2D eigenvalue weighted by atomic mass is 16.7. The molecular weight excluding hydrogens is 282 g/mol. The van der Waals surface area contributed by atoms with Crippen LogP contribution in [0.25, 0.3) is 0 Å². The molecule has 2 rings (SSSR count). The molecule has 2 atom stereocenters. The molecule has 0 aliphatic carbocycles. The number of amides is 1. The summed E-state index contributed by atoms with van der Waals surface area (Å²) in [4.78, 5) is 36.4. The van der Waals surface area contributed by atoms with Crippen molar-refractivity contribution < 1.29 is 33.3 Å². The van der Waals surface area contributed by atoms with E-state index in [4.69, 9.17) is 14.2 Å². The number of rotatable bonds is 4. The van der Waals surface area contributed by atoms with Crippen molar-refractivity contribution in [2.24, 2.45) is 5.41 Å². The molecule has 2 aliphatic heterocycles. The summed E-state index contributed by atoms with van der Waals surface area (Å²) in [5.41, 5.74) is -1.72. The largest absolute Gasteiger partial charge is 0.466 e. The first-order chi connectivity index (χ1) is 9.97. The zero-order valence-corrected chi connectivity index (χ0v) is 12.1. The Morgan fingerprint density at radius 3 is 2.71 bits per heavy atom. The number of fused-ring (bicyclic) bond motifs is 1. The highest BCUT2D eigenvalue weighted by Crippen LogP contribution is 2.51. The molecule has 0 unspecified atom stereocenters. The lowest BCUT2D eigenvalue weighted by Gasteiger charge is -2.43. The molecule has 0 saturated carbocycles. The summed E-state index contributed by atoms with van der Waals surface area (Å²) in [7, 11) is 2.44. The first kappa shape index (κ1) is 15.5. The van der Waals surface area contributed by atoms with Gasteiger partial charge in [0.05, 0.1) is 25.9 Å². The van der Waals surface area contributed by atoms with Crippen molar-refractivity contribution in [2.75, 3.05) is 27.4 Å². The minimum atomic E-state index is -1.77. The Kier molecular flexibility index (Phi) is 4.02. The van der Waals surface area contributed by atoms with Crippen molar-refractivity contribution in [1.29, 1.82) is 0 Å². The average molecular weight is 299 g/mol. The van der Waals surface area contributed by atoms with Crippen LogP contribution >= 0.6 is 0 Å². The summed E-state index contributed by atoms with van der Waals surface area (Å²) in [6.45, 7) is 1.87. The minimum absolute atomic E-state index is 0.112. The molecule has 1 amide bonds. The number of hydrogen-bond acceptors (Lipinski definition) is 7. The molecule has 0 bridgehead atoms. The molecular formula is C13H17NO7. The van der Waals surface area contributed by atoms with Gasteiger partial charge in [0.25, 0.3) is 5.91 Å². The molecule has 1 saturated heterocycles. The summed E-state index contributed by atoms with van der Waals surface area (Å²) in [5, 5.41) is 2.46. The molecule has 0 aromatic heterocycles. The first-order valence-electron chi connectivity index (χ1n) is 6.46. The van der Waals surface area contributed by atoms with E-state index in [-0.39, 0.29) is 25.2 Å². The molecule has 8 heteroatoms. The van der Waals surface area contributed by atoms with Crippen molar-refractivity contribution in [2.45, 2.75) is 19.3 Å². The summed E-state index contributed by atoms with van der Waals surface area (Å²) in [5.74, 6) is -3.89. The predicted octanol–water partition coefficient (Wildman–Crippen LogP) is -0.514. The Bertz CT molecular complexity index is 515. The highest BCUT2D eigenvalue weighted by Gasteiger charge is 2.69. The van der Waals surface area contributed by atoms with Crippen molar-refractivity contribution >= 4 is 17.8 Å². The Morgan fingerprint density at radius 2 is 2.14 bits per heavy atom. The van der Waals surface area contributed by atoms with Gasteiger partial charge in [-0.25, -0.2) is 4.79 Å². The van der Waals surface area contributed by atoms with Gasteiger partial charge in [-0.1, -0.05) is 0 Å². The van der Waals surface area contributed by atoms with Crippen molar-refractivity contribution in [3.05, 3.63) is 11.6 Å². The van der Waals surface area contributed by atoms with Crippen molar-refractivity contribution in [3.8, 4) is 0 Å². The van der Waals surface area contributed by atoms with Crippen LogP contribution in [0.4, 0.5) is 0 Å². The van der Waals surface area contributed by atoms with Gasteiger partial charge < -0.3 is 24.3 Å². The van der Waals surface area contributed by atoms with Crippen LogP contribution in [-0.4, -0.2) is 51.2 Å². The summed E-state index contributed by atoms with van der Waals surface area (Å²) in [6, 6.07) is 0. The number of nitrogens with one attached hydrogen (secondary N) is 1. The second-order valence-corrected chi connectivity index (χ2v) is 4.58. The van der Waals surface area contributed by atoms with E-state index in [0.717, 1.165) is 6.08 Å². The van der Waals surface area contributed by atoms with Crippen LogP contribution in [0.3, 0.4) is 0 Å². The Morgan fingerprint density at radius 1 is 1.43 bits per heavy atom. The van der Waals surface area contributed by atoms with Gasteiger partial charge in [-0.15, -0.1) is 0 Å². The van der Waals surface area contributed by atoms with Crippen molar-refractivity contribution in [1.82, 2.24) is 5.32 Å². The maximum atomic E-state index is 12.5. The van der Waals surface area contributed by atoms with Gasteiger partial charge in [0.15, 0.2) is 5.41 Å². The molecule has 2 aliphatic rings. The lowest BCUT2D eigenvalue weighted by molar-refractivity contribution is -0.258. The lowest BCUT2D eigenvalue weighted by Crippen LogP contribution is -2.66. The van der Waals surface area contributed by atoms with Gasteiger partial charge in [-0.3, -0.25) is 9.59 Å². The van der Waals surface area contributed by atoms with Crippen LogP contribution in [0.2, 0.25) is 0 Å². The maximum Gasteiger partial charge on any atom is 0.335 e. The van der Waals surface area contributed by atoms with E-state index in [9.17, 15) is 14.4 Å². The third kappa shape index (κ3) is 2.02. The quantitative estimate of drug-likeness (QED) is 0.697. The van der Waals surface area contributed by atoms with Crippen LogP contribution in [0.1, 0.15) is 13.3 Å². The molecule has 1 N–H and O–H groups in total.